The van der Waals surface area contributed by atoms with E-state index in [4.69, 9.17) is 4.98 Å². The molecule has 1 aromatic heterocycles. The van der Waals surface area contributed by atoms with Crippen molar-refractivity contribution in [2.75, 3.05) is 0 Å². The number of halogens is 2. The zero-order valence-electron chi connectivity index (χ0n) is 11.7. The Bertz CT molecular complexity index is 810. The molecule has 4 heteroatoms. The molecule has 106 valence electrons. The van der Waals surface area contributed by atoms with Crippen molar-refractivity contribution in [3.8, 4) is 21.8 Å². The summed E-state index contributed by atoms with van der Waals surface area (Å²) in [6.07, 6.45) is 0. The molecule has 0 unspecified atom stereocenters. The van der Waals surface area contributed by atoms with E-state index < -0.39 is 0 Å². The lowest BCUT2D eigenvalue weighted by atomic mass is 10.1. The number of thiazole rings is 1. The fraction of sp³-hybridized carbons (Fsp3) is 0.118. The SMILES string of the molecule is Cc1cc(-c2nc(-c3cccc(Br)c3)c(C)s2)ccc1F. The summed E-state index contributed by atoms with van der Waals surface area (Å²) >= 11 is 5.12. The lowest BCUT2D eigenvalue weighted by molar-refractivity contribution is 0.619. The third kappa shape index (κ3) is 2.92. The molecule has 3 rings (SSSR count). The Morgan fingerprint density at radius 2 is 1.86 bits per heavy atom. The van der Waals surface area contributed by atoms with Crippen LogP contribution < -0.4 is 0 Å². The summed E-state index contributed by atoms with van der Waals surface area (Å²) in [4.78, 5) is 5.89. The molecule has 0 radical (unpaired) electrons. The first kappa shape index (κ1) is 14.4. The first-order chi connectivity index (χ1) is 10.0. The van der Waals surface area contributed by atoms with Gasteiger partial charge in [-0.1, -0.05) is 28.1 Å². The summed E-state index contributed by atoms with van der Waals surface area (Å²) in [6.45, 7) is 3.84. The van der Waals surface area contributed by atoms with Gasteiger partial charge in [0.25, 0.3) is 0 Å². The van der Waals surface area contributed by atoms with Crippen LogP contribution in [0.3, 0.4) is 0 Å². The number of rotatable bonds is 2. The molecule has 0 aliphatic carbocycles. The summed E-state index contributed by atoms with van der Waals surface area (Å²) < 4.78 is 14.4. The van der Waals surface area contributed by atoms with Gasteiger partial charge in [0.15, 0.2) is 0 Å². The van der Waals surface area contributed by atoms with E-state index in [1.807, 2.05) is 24.3 Å². The number of hydrogen-bond acceptors (Lipinski definition) is 2. The van der Waals surface area contributed by atoms with Gasteiger partial charge in [-0.2, -0.15) is 0 Å². The van der Waals surface area contributed by atoms with Gasteiger partial charge in [0.1, 0.15) is 10.8 Å². The number of benzene rings is 2. The first-order valence-electron chi connectivity index (χ1n) is 6.54. The van der Waals surface area contributed by atoms with Gasteiger partial charge in [-0.05, 0) is 49.7 Å². The van der Waals surface area contributed by atoms with Crippen molar-refractivity contribution in [3.05, 3.63) is 63.2 Å². The maximum atomic E-state index is 13.4. The van der Waals surface area contributed by atoms with Gasteiger partial charge in [0, 0.05) is 20.5 Å². The van der Waals surface area contributed by atoms with Gasteiger partial charge in [-0.15, -0.1) is 11.3 Å². The Morgan fingerprint density at radius 1 is 1.05 bits per heavy atom. The van der Waals surface area contributed by atoms with Crippen LogP contribution in [0.25, 0.3) is 21.8 Å². The number of aryl methyl sites for hydroxylation is 2. The van der Waals surface area contributed by atoms with E-state index in [9.17, 15) is 4.39 Å². The smallest absolute Gasteiger partial charge is 0.126 e. The van der Waals surface area contributed by atoms with Crippen LogP contribution >= 0.6 is 27.3 Å². The van der Waals surface area contributed by atoms with Crippen molar-refractivity contribution in [3.63, 3.8) is 0 Å². The Hall–Kier alpha value is -1.52. The second-order valence-corrected chi connectivity index (χ2v) is 7.02. The number of nitrogens with zero attached hydrogens (tertiary/aromatic N) is 1. The van der Waals surface area contributed by atoms with Crippen LogP contribution in [-0.4, -0.2) is 4.98 Å². The highest BCUT2D eigenvalue weighted by Gasteiger charge is 2.12. The first-order valence-corrected chi connectivity index (χ1v) is 8.15. The fourth-order valence-corrected chi connectivity index (χ4v) is 3.53. The summed E-state index contributed by atoms with van der Waals surface area (Å²) in [7, 11) is 0. The summed E-state index contributed by atoms with van der Waals surface area (Å²) in [5.74, 6) is -0.181. The highest BCUT2D eigenvalue weighted by atomic mass is 79.9. The Balaban J connectivity index is 2.07. The lowest BCUT2D eigenvalue weighted by Crippen LogP contribution is -1.84. The monoisotopic (exact) mass is 361 g/mol. The molecule has 2 aromatic carbocycles. The Kier molecular flexibility index (Phi) is 3.91. The summed E-state index contributed by atoms with van der Waals surface area (Å²) in [5.41, 5.74) is 3.68. The largest absolute Gasteiger partial charge is 0.236 e. The highest BCUT2D eigenvalue weighted by molar-refractivity contribution is 9.10. The molecule has 0 bridgehead atoms. The summed E-state index contributed by atoms with van der Waals surface area (Å²) in [6, 6.07) is 13.2. The average molecular weight is 362 g/mol. The molecular formula is C17H13BrFNS. The third-order valence-electron chi connectivity index (χ3n) is 3.30. The number of hydrogen-bond donors (Lipinski definition) is 0. The Morgan fingerprint density at radius 3 is 2.57 bits per heavy atom. The fourth-order valence-electron chi connectivity index (χ4n) is 2.20. The maximum Gasteiger partial charge on any atom is 0.126 e. The second kappa shape index (κ2) is 5.70. The molecule has 0 fully saturated rings. The average Bonchev–Trinajstić information content (AvgIpc) is 2.84. The molecule has 0 aliphatic rings. The molecule has 3 aromatic rings. The van der Waals surface area contributed by atoms with Crippen molar-refractivity contribution in [2.24, 2.45) is 0 Å². The highest BCUT2D eigenvalue weighted by Crippen LogP contribution is 2.34. The molecule has 21 heavy (non-hydrogen) atoms. The standard InChI is InChI=1S/C17H13BrFNS/c1-10-8-13(6-7-15(10)19)17-20-16(11(2)21-17)12-4-3-5-14(18)9-12/h3-9H,1-2H3. The molecule has 0 saturated carbocycles. The third-order valence-corrected chi connectivity index (χ3v) is 4.81. The topological polar surface area (TPSA) is 12.9 Å². The maximum absolute atomic E-state index is 13.4. The van der Waals surface area contributed by atoms with E-state index in [1.54, 1.807) is 24.3 Å². The van der Waals surface area contributed by atoms with Crippen LogP contribution in [0.4, 0.5) is 4.39 Å². The van der Waals surface area contributed by atoms with E-state index in [-0.39, 0.29) is 5.82 Å². The second-order valence-electron chi connectivity index (χ2n) is 4.90. The van der Waals surface area contributed by atoms with Gasteiger partial charge >= 0.3 is 0 Å². The lowest BCUT2D eigenvalue weighted by Gasteiger charge is -2.00. The normalized spacial score (nSPS) is 10.9. The summed E-state index contributed by atoms with van der Waals surface area (Å²) in [5, 5.41) is 0.922. The van der Waals surface area contributed by atoms with Gasteiger partial charge in [0.2, 0.25) is 0 Å². The van der Waals surface area contributed by atoms with Crippen molar-refractivity contribution < 1.29 is 4.39 Å². The molecule has 0 spiro atoms. The minimum atomic E-state index is -0.181. The van der Waals surface area contributed by atoms with Crippen LogP contribution in [0.5, 0.6) is 0 Å². The Labute approximate surface area is 135 Å². The predicted octanol–water partition coefficient (Wildman–Crippen LogP) is 6.00. The van der Waals surface area contributed by atoms with Crippen LogP contribution in [-0.2, 0) is 0 Å². The molecule has 0 atom stereocenters. The van der Waals surface area contributed by atoms with Crippen LogP contribution in [0.15, 0.2) is 46.9 Å². The van der Waals surface area contributed by atoms with E-state index in [2.05, 4.69) is 28.9 Å². The zero-order chi connectivity index (χ0) is 15.0. The van der Waals surface area contributed by atoms with Crippen molar-refractivity contribution in [1.29, 1.82) is 0 Å². The molecule has 0 aliphatic heterocycles. The van der Waals surface area contributed by atoms with Gasteiger partial charge in [0.05, 0.1) is 5.69 Å². The number of aromatic nitrogens is 1. The van der Waals surface area contributed by atoms with E-state index in [1.165, 1.54) is 6.07 Å². The van der Waals surface area contributed by atoms with Gasteiger partial charge in [-0.25, -0.2) is 9.37 Å². The minimum absolute atomic E-state index is 0.181. The molecule has 1 heterocycles. The van der Waals surface area contributed by atoms with Crippen molar-refractivity contribution in [1.82, 2.24) is 4.98 Å². The minimum Gasteiger partial charge on any atom is -0.236 e. The molecule has 0 saturated heterocycles. The predicted molar refractivity (Wildman–Crippen MR) is 90.1 cm³/mol. The van der Waals surface area contributed by atoms with Crippen LogP contribution in [0, 0.1) is 19.7 Å². The quantitative estimate of drug-likeness (QED) is 0.545. The zero-order valence-corrected chi connectivity index (χ0v) is 14.1. The molecule has 0 N–H and O–H groups in total. The van der Waals surface area contributed by atoms with Crippen molar-refractivity contribution in [2.45, 2.75) is 13.8 Å². The van der Waals surface area contributed by atoms with Crippen molar-refractivity contribution >= 4 is 27.3 Å². The van der Waals surface area contributed by atoms with Gasteiger partial charge in [-0.3, -0.25) is 0 Å². The van der Waals surface area contributed by atoms with Crippen LogP contribution in [0.1, 0.15) is 10.4 Å². The van der Waals surface area contributed by atoms with E-state index in [0.29, 0.717) is 5.56 Å². The van der Waals surface area contributed by atoms with E-state index in [0.717, 1.165) is 31.2 Å². The molecule has 1 nitrogen and oxygen atoms in total. The van der Waals surface area contributed by atoms with E-state index >= 15 is 0 Å². The molecular weight excluding hydrogens is 349 g/mol. The molecule has 0 amide bonds. The van der Waals surface area contributed by atoms with Crippen LogP contribution in [0.2, 0.25) is 0 Å². The van der Waals surface area contributed by atoms with Gasteiger partial charge < -0.3 is 0 Å².